The number of thiazole rings is 1. The molecule has 3 aliphatic heterocycles. The number of hydrogen-bond donors (Lipinski definition) is 2. The molecule has 7 nitrogen and oxygen atoms in total. The lowest BCUT2D eigenvalue weighted by Crippen LogP contribution is -2.48. The summed E-state index contributed by atoms with van der Waals surface area (Å²) in [7, 11) is 2.19. The van der Waals surface area contributed by atoms with Crippen LogP contribution in [0.15, 0.2) is 12.1 Å². The van der Waals surface area contributed by atoms with Gasteiger partial charge in [-0.05, 0) is 58.3 Å². The number of aryl methyl sites for hydroxylation is 1. The molecule has 2 aromatic rings. The quantitative estimate of drug-likeness (QED) is 0.762. The van der Waals surface area contributed by atoms with Crippen LogP contribution in [-0.2, 0) is 6.42 Å². The van der Waals surface area contributed by atoms with Gasteiger partial charge in [0.2, 0.25) is 0 Å². The highest BCUT2D eigenvalue weighted by Gasteiger charge is 2.35. The number of carbonyl (C=O) groups is 1. The fourth-order valence-corrected chi connectivity index (χ4v) is 5.92. The van der Waals surface area contributed by atoms with E-state index in [4.69, 9.17) is 9.72 Å². The van der Waals surface area contributed by atoms with Gasteiger partial charge >= 0.3 is 0 Å². The largest absolute Gasteiger partial charge is 0.489 e. The highest BCUT2D eigenvalue weighted by atomic mass is 32.1. The zero-order valence-corrected chi connectivity index (χ0v) is 19.6. The molecular weight excluding hydrogens is 410 g/mol. The van der Waals surface area contributed by atoms with E-state index >= 15 is 0 Å². The minimum atomic E-state index is -0.261. The summed E-state index contributed by atoms with van der Waals surface area (Å²) in [4.78, 5) is 22.8. The SMILES string of the molecule is Cc1cc2c(cc1N(C)C1CCNCC1)OCCN2c1nc2c(s1)C(=O)NC(C)(C)C2. The molecule has 1 amide bonds. The van der Waals surface area contributed by atoms with Gasteiger partial charge in [-0.25, -0.2) is 4.98 Å². The van der Waals surface area contributed by atoms with Crippen LogP contribution in [0.2, 0.25) is 0 Å². The van der Waals surface area contributed by atoms with E-state index in [0.717, 1.165) is 66.0 Å². The summed E-state index contributed by atoms with van der Waals surface area (Å²) >= 11 is 1.48. The van der Waals surface area contributed by atoms with Gasteiger partial charge in [-0.2, -0.15) is 0 Å². The van der Waals surface area contributed by atoms with Crippen molar-refractivity contribution in [3.63, 3.8) is 0 Å². The summed E-state index contributed by atoms with van der Waals surface area (Å²) in [6.07, 6.45) is 3.06. The third-order valence-corrected chi connectivity index (χ3v) is 7.68. The number of ether oxygens (including phenoxy) is 1. The predicted octanol–water partition coefficient (Wildman–Crippen LogP) is 3.23. The van der Waals surface area contributed by atoms with Gasteiger partial charge in [0.1, 0.15) is 17.2 Å². The van der Waals surface area contributed by atoms with Crippen molar-refractivity contribution in [2.75, 3.05) is 43.1 Å². The minimum Gasteiger partial charge on any atom is -0.489 e. The zero-order valence-electron chi connectivity index (χ0n) is 18.7. The standard InChI is InChI=1S/C23H31N5O2S/c1-14-11-18-19(12-17(14)27(4)15-5-7-24-8-6-15)30-10-9-28(18)22-25-16-13-23(2,3)26-21(29)20(16)31-22/h11-12,15,24H,5-10,13H2,1-4H3,(H,26,29). The van der Waals surface area contributed by atoms with Crippen molar-refractivity contribution in [2.45, 2.75) is 51.6 Å². The normalized spacial score (nSPS) is 20.5. The minimum absolute atomic E-state index is 0.0152. The molecule has 0 radical (unpaired) electrons. The van der Waals surface area contributed by atoms with E-state index in [2.05, 4.69) is 46.5 Å². The van der Waals surface area contributed by atoms with Crippen LogP contribution in [0.3, 0.4) is 0 Å². The number of piperidine rings is 1. The van der Waals surface area contributed by atoms with Gasteiger partial charge in [0, 0.05) is 36.8 Å². The fraction of sp³-hybridized carbons (Fsp3) is 0.565. The average molecular weight is 442 g/mol. The summed E-state index contributed by atoms with van der Waals surface area (Å²) in [5, 5.41) is 7.41. The van der Waals surface area contributed by atoms with Crippen LogP contribution in [0.25, 0.3) is 0 Å². The molecule has 1 aromatic carbocycles. The monoisotopic (exact) mass is 441 g/mol. The molecule has 0 unspecified atom stereocenters. The fourth-order valence-electron chi connectivity index (χ4n) is 4.90. The molecule has 1 aromatic heterocycles. The first-order valence-electron chi connectivity index (χ1n) is 11.1. The summed E-state index contributed by atoms with van der Waals surface area (Å²) in [6.45, 7) is 9.73. The van der Waals surface area contributed by atoms with E-state index in [-0.39, 0.29) is 11.4 Å². The van der Waals surface area contributed by atoms with Crippen molar-refractivity contribution in [1.82, 2.24) is 15.6 Å². The lowest BCUT2D eigenvalue weighted by Gasteiger charge is -2.36. The van der Waals surface area contributed by atoms with Crippen LogP contribution >= 0.6 is 11.3 Å². The number of aromatic nitrogens is 1. The molecule has 0 bridgehead atoms. The molecule has 0 saturated carbocycles. The van der Waals surface area contributed by atoms with Crippen molar-refractivity contribution in [1.29, 1.82) is 0 Å². The lowest BCUT2D eigenvalue weighted by atomic mass is 9.94. The molecule has 31 heavy (non-hydrogen) atoms. The Morgan fingerprint density at radius 3 is 2.84 bits per heavy atom. The third kappa shape index (κ3) is 3.76. The average Bonchev–Trinajstić information content (AvgIpc) is 3.16. The van der Waals surface area contributed by atoms with Crippen molar-refractivity contribution >= 4 is 33.8 Å². The number of carbonyl (C=O) groups excluding carboxylic acids is 1. The Bertz CT molecular complexity index is 1010. The molecule has 1 saturated heterocycles. The maximum Gasteiger partial charge on any atom is 0.263 e. The smallest absolute Gasteiger partial charge is 0.263 e. The van der Waals surface area contributed by atoms with Crippen molar-refractivity contribution < 1.29 is 9.53 Å². The number of nitrogens with one attached hydrogen (secondary N) is 2. The molecule has 2 N–H and O–H groups in total. The summed E-state index contributed by atoms with van der Waals surface area (Å²) < 4.78 is 6.08. The molecule has 0 atom stereocenters. The first-order chi connectivity index (χ1) is 14.8. The van der Waals surface area contributed by atoms with Crippen LogP contribution in [0.5, 0.6) is 5.75 Å². The Kier molecular flexibility index (Phi) is 5.09. The topological polar surface area (TPSA) is 69.7 Å². The van der Waals surface area contributed by atoms with Crippen molar-refractivity contribution in [3.8, 4) is 5.75 Å². The van der Waals surface area contributed by atoms with Gasteiger partial charge in [0.15, 0.2) is 5.13 Å². The van der Waals surface area contributed by atoms with Gasteiger partial charge in [-0.1, -0.05) is 11.3 Å². The molecule has 8 heteroatoms. The van der Waals surface area contributed by atoms with E-state index in [9.17, 15) is 4.79 Å². The molecule has 166 valence electrons. The van der Waals surface area contributed by atoms with E-state index in [1.54, 1.807) is 0 Å². The Balaban J connectivity index is 1.47. The first kappa shape index (κ1) is 20.6. The zero-order chi connectivity index (χ0) is 21.8. The predicted molar refractivity (Wildman–Crippen MR) is 125 cm³/mol. The van der Waals surface area contributed by atoms with E-state index in [1.165, 1.54) is 22.6 Å². The molecule has 5 rings (SSSR count). The number of benzene rings is 1. The molecule has 0 spiro atoms. The molecule has 0 aliphatic carbocycles. The second-order valence-corrected chi connectivity index (χ2v) is 10.5. The molecule has 1 fully saturated rings. The Morgan fingerprint density at radius 2 is 2.06 bits per heavy atom. The van der Waals surface area contributed by atoms with E-state index in [1.807, 2.05) is 13.8 Å². The van der Waals surface area contributed by atoms with Gasteiger partial charge in [-0.3, -0.25) is 4.79 Å². The number of nitrogens with zero attached hydrogens (tertiary/aromatic N) is 3. The van der Waals surface area contributed by atoms with Crippen LogP contribution < -0.4 is 25.2 Å². The number of hydrogen-bond acceptors (Lipinski definition) is 7. The van der Waals surface area contributed by atoms with Gasteiger partial charge < -0.3 is 25.2 Å². The van der Waals surface area contributed by atoms with Gasteiger partial charge in [0.25, 0.3) is 5.91 Å². The number of amides is 1. The van der Waals surface area contributed by atoms with Crippen LogP contribution in [0.4, 0.5) is 16.5 Å². The molecular formula is C23H31N5O2S. The Morgan fingerprint density at radius 1 is 1.29 bits per heavy atom. The Labute approximate surface area is 187 Å². The highest BCUT2D eigenvalue weighted by molar-refractivity contribution is 7.17. The molecule has 4 heterocycles. The number of anilines is 3. The third-order valence-electron chi connectivity index (χ3n) is 6.56. The molecule has 3 aliphatic rings. The lowest BCUT2D eigenvalue weighted by molar-refractivity contribution is 0.0901. The van der Waals surface area contributed by atoms with E-state index in [0.29, 0.717) is 12.6 Å². The maximum atomic E-state index is 12.6. The van der Waals surface area contributed by atoms with Gasteiger partial charge in [-0.15, -0.1) is 0 Å². The maximum absolute atomic E-state index is 12.6. The van der Waals surface area contributed by atoms with Crippen LogP contribution in [0.1, 0.15) is 47.6 Å². The van der Waals surface area contributed by atoms with Gasteiger partial charge in [0.05, 0.1) is 17.9 Å². The summed E-state index contributed by atoms with van der Waals surface area (Å²) in [5.74, 6) is 0.879. The van der Waals surface area contributed by atoms with E-state index < -0.39 is 0 Å². The van der Waals surface area contributed by atoms with Crippen LogP contribution in [0, 0.1) is 6.92 Å². The summed E-state index contributed by atoms with van der Waals surface area (Å²) in [6, 6.07) is 4.94. The first-order valence-corrected chi connectivity index (χ1v) is 11.9. The van der Waals surface area contributed by atoms with Crippen molar-refractivity contribution in [3.05, 3.63) is 28.3 Å². The Hall–Kier alpha value is -2.32. The second-order valence-electron chi connectivity index (χ2n) is 9.49. The van der Waals surface area contributed by atoms with Crippen LogP contribution in [-0.4, -0.2) is 55.8 Å². The second kappa shape index (κ2) is 7.67. The number of fused-ring (bicyclic) bond motifs is 2. The highest BCUT2D eigenvalue weighted by Crippen LogP contribution is 2.43. The summed E-state index contributed by atoms with van der Waals surface area (Å²) in [5.41, 5.74) is 4.14. The number of rotatable bonds is 3. The van der Waals surface area contributed by atoms with Crippen molar-refractivity contribution in [2.24, 2.45) is 0 Å².